The first-order valence-electron chi connectivity index (χ1n) is 4.91. The van der Waals surface area contributed by atoms with E-state index in [-0.39, 0.29) is 5.60 Å². The molecule has 1 heterocycles. The lowest BCUT2D eigenvalue weighted by molar-refractivity contribution is 0.0230. The van der Waals surface area contributed by atoms with E-state index in [0.29, 0.717) is 0 Å². The minimum atomic E-state index is -0.133. The van der Waals surface area contributed by atoms with Crippen molar-refractivity contribution in [2.45, 2.75) is 26.0 Å². The van der Waals surface area contributed by atoms with Gasteiger partial charge in [0, 0.05) is 20.2 Å². The highest BCUT2D eigenvalue weighted by Crippen LogP contribution is 2.07. The van der Waals surface area contributed by atoms with E-state index in [2.05, 4.69) is 26.2 Å². The molecule has 0 aromatic carbocycles. The van der Waals surface area contributed by atoms with Crippen LogP contribution >= 0.6 is 15.9 Å². The van der Waals surface area contributed by atoms with Gasteiger partial charge in [-0.05, 0) is 41.9 Å². The molecule has 0 saturated carbocycles. The Bertz CT molecular complexity index is 315. The molecule has 0 radical (unpaired) electrons. The van der Waals surface area contributed by atoms with E-state index >= 15 is 0 Å². The smallest absolute Gasteiger partial charge is 0.106 e. The molecule has 1 rings (SSSR count). The van der Waals surface area contributed by atoms with Crippen LogP contribution in [0.15, 0.2) is 22.8 Å². The minimum Gasteiger partial charge on any atom is -0.377 e. The van der Waals surface area contributed by atoms with Crippen LogP contribution in [0.4, 0.5) is 0 Å². The van der Waals surface area contributed by atoms with E-state index in [4.69, 9.17) is 4.74 Å². The van der Waals surface area contributed by atoms with Crippen LogP contribution in [0.1, 0.15) is 19.5 Å². The van der Waals surface area contributed by atoms with Crippen LogP contribution in [0.3, 0.4) is 0 Å². The quantitative estimate of drug-likeness (QED) is 0.836. The van der Waals surface area contributed by atoms with Gasteiger partial charge < -0.3 is 10.1 Å². The molecule has 0 aliphatic rings. The molecule has 1 N–H and O–H groups in total. The molecule has 0 atom stereocenters. The second-order valence-electron chi connectivity index (χ2n) is 4.02. The molecular formula is C11H17BrN2O. The SMILES string of the molecule is COC(C)(C)CNCc1cccc(Br)n1. The van der Waals surface area contributed by atoms with Gasteiger partial charge in [-0.2, -0.15) is 0 Å². The van der Waals surface area contributed by atoms with Crippen LogP contribution in [-0.2, 0) is 11.3 Å². The first-order valence-corrected chi connectivity index (χ1v) is 5.70. The Labute approximate surface area is 99.4 Å². The van der Waals surface area contributed by atoms with E-state index < -0.39 is 0 Å². The van der Waals surface area contributed by atoms with Crippen molar-refractivity contribution in [3.63, 3.8) is 0 Å². The number of pyridine rings is 1. The van der Waals surface area contributed by atoms with Gasteiger partial charge in [0.05, 0.1) is 11.3 Å². The molecule has 0 unspecified atom stereocenters. The van der Waals surface area contributed by atoms with Crippen molar-refractivity contribution < 1.29 is 4.74 Å². The maximum Gasteiger partial charge on any atom is 0.106 e. The number of methoxy groups -OCH3 is 1. The summed E-state index contributed by atoms with van der Waals surface area (Å²) in [7, 11) is 1.72. The first kappa shape index (κ1) is 12.6. The summed E-state index contributed by atoms with van der Waals surface area (Å²) in [5.41, 5.74) is 0.891. The molecule has 0 bridgehead atoms. The van der Waals surface area contributed by atoms with Crippen molar-refractivity contribution >= 4 is 15.9 Å². The second-order valence-corrected chi connectivity index (χ2v) is 4.83. The van der Waals surface area contributed by atoms with Crippen molar-refractivity contribution in [2.24, 2.45) is 0 Å². The molecular weight excluding hydrogens is 256 g/mol. The van der Waals surface area contributed by atoms with Crippen LogP contribution in [0.2, 0.25) is 0 Å². The van der Waals surface area contributed by atoms with Crippen molar-refractivity contribution in [3.8, 4) is 0 Å². The summed E-state index contributed by atoms with van der Waals surface area (Å²) >= 11 is 3.34. The molecule has 0 fully saturated rings. The number of aromatic nitrogens is 1. The predicted octanol–water partition coefficient (Wildman–Crippen LogP) is 2.36. The van der Waals surface area contributed by atoms with Gasteiger partial charge >= 0.3 is 0 Å². The molecule has 84 valence electrons. The summed E-state index contributed by atoms with van der Waals surface area (Å²) in [6, 6.07) is 5.90. The number of halogens is 1. The number of ether oxygens (including phenoxy) is 1. The lowest BCUT2D eigenvalue weighted by Gasteiger charge is -2.23. The van der Waals surface area contributed by atoms with Crippen molar-refractivity contribution in [1.29, 1.82) is 0 Å². The molecule has 4 heteroatoms. The van der Waals surface area contributed by atoms with E-state index in [1.165, 1.54) is 0 Å². The predicted molar refractivity (Wildman–Crippen MR) is 64.7 cm³/mol. The second kappa shape index (κ2) is 5.58. The minimum absolute atomic E-state index is 0.133. The Balaban J connectivity index is 2.38. The van der Waals surface area contributed by atoms with E-state index in [9.17, 15) is 0 Å². The lowest BCUT2D eigenvalue weighted by Crippen LogP contribution is -2.36. The van der Waals surface area contributed by atoms with Gasteiger partial charge in [-0.1, -0.05) is 6.07 Å². The Morgan fingerprint density at radius 2 is 2.20 bits per heavy atom. The average Bonchev–Trinajstić information content (AvgIpc) is 2.18. The highest BCUT2D eigenvalue weighted by molar-refractivity contribution is 9.10. The van der Waals surface area contributed by atoms with Crippen molar-refractivity contribution in [1.82, 2.24) is 10.3 Å². The third kappa shape index (κ3) is 4.73. The van der Waals surface area contributed by atoms with Crippen molar-refractivity contribution in [2.75, 3.05) is 13.7 Å². The molecule has 0 aliphatic heterocycles. The molecule has 0 aliphatic carbocycles. The Kier molecular flexibility index (Phi) is 4.70. The Hall–Kier alpha value is -0.450. The lowest BCUT2D eigenvalue weighted by atomic mass is 10.1. The number of hydrogen-bond donors (Lipinski definition) is 1. The summed E-state index contributed by atoms with van der Waals surface area (Å²) in [4.78, 5) is 4.33. The number of nitrogens with one attached hydrogen (secondary N) is 1. The zero-order chi connectivity index (χ0) is 11.3. The topological polar surface area (TPSA) is 34.1 Å². The van der Waals surface area contributed by atoms with Gasteiger partial charge in [-0.15, -0.1) is 0 Å². The third-order valence-corrected chi connectivity index (χ3v) is 2.62. The van der Waals surface area contributed by atoms with Gasteiger partial charge in [0.2, 0.25) is 0 Å². The van der Waals surface area contributed by atoms with Gasteiger partial charge in [0.25, 0.3) is 0 Å². The van der Waals surface area contributed by atoms with Crippen LogP contribution < -0.4 is 5.32 Å². The molecule has 3 nitrogen and oxygen atoms in total. The maximum atomic E-state index is 5.31. The Morgan fingerprint density at radius 3 is 2.80 bits per heavy atom. The summed E-state index contributed by atoms with van der Waals surface area (Å²) in [6.07, 6.45) is 0. The highest BCUT2D eigenvalue weighted by Gasteiger charge is 2.14. The van der Waals surface area contributed by atoms with Crippen LogP contribution in [0, 0.1) is 0 Å². The fourth-order valence-corrected chi connectivity index (χ4v) is 1.49. The third-order valence-electron chi connectivity index (χ3n) is 2.18. The van der Waals surface area contributed by atoms with E-state index in [1.807, 2.05) is 32.0 Å². The van der Waals surface area contributed by atoms with E-state index in [0.717, 1.165) is 23.4 Å². The fourth-order valence-electron chi connectivity index (χ4n) is 1.11. The largest absolute Gasteiger partial charge is 0.377 e. The first-order chi connectivity index (χ1) is 7.03. The van der Waals surface area contributed by atoms with Crippen molar-refractivity contribution in [3.05, 3.63) is 28.5 Å². The van der Waals surface area contributed by atoms with Gasteiger partial charge in [0.15, 0.2) is 0 Å². The number of rotatable bonds is 5. The average molecular weight is 273 g/mol. The van der Waals surface area contributed by atoms with E-state index in [1.54, 1.807) is 7.11 Å². The summed E-state index contributed by atoms with van der Waals surface area (Å²) in [5, 5.41) is 3.31. The van der Waals surface area contributed by atoms with Crippen LogP contribution in [0.5, 0.6) is 0 Å². The molecule has 0 spiro atoms. The summed E-state index contributed by atoms with van der Waals surface area (Å²) in [5.74, 6) is 0. The molecule has 1 aromatic heterocycles. The zero-order valence-electron chi connectivity index (χ0n) is 9.38. The monoisotopic (exact) mass is 272 g/mol. The van der Waals surface area contributed by atoms with Crippen LogP contribution in [-0.4, -0.2) is 24.2 Å². The maximum absolute atomic E-state index is 5.31. The zero-order valence-corrected chi connectivity index (χ0v) is 11.0. The van der Waals surface area contributed by atoms with Gasteiger partial charge in [0.1, 0.15) is 4.60 Å². The number of hydrogen-bond acceptors (Lipinski definition) is 3. The van der Waals surface area contributed by atoms with Gasteiger partial charge in [-0.25, -0.2) is 4.98 Å². The Morgan fingerprint density at radius 1 is 1.47 bits per heavy atom. The fraction of sp³-hybridized carbons (Fsp3) is 0.545. The highest BCUT2D eigenvalue weighted by atomic mass is 79.9. The normalized spacial score (nSPS) is 11.7. The number of nitrogens with zero attached hydrogens (tertiary/aromatic N) is 1. The summed E-state index contributed by atoms with van der Waals surface area (Å²) < 4.78 is 6.18. The molecule has 1 aromatic rings. The standard InChI is InChI=1S/C11H17BrN2O/c1-11(2,15-3)8-13-7-9-5-4-6-10(12)14-9/h4-6,13H,7-8H2,1-3H3. The molecule has 0 saturated heterocycles. The van der Waals surface area contributed by atoms with Gasteiger partial charge in [-0.3, -0.25) is 0 Å². The molecule has 15 heavy (non-hydrogen) atoms. The molecule has 0 amide bonds. The van der Waals surface area contributed by atoms with Crippen LogP contribution in [0.25, 0.3) is 0 Å². The summed E-state index contributed by atoms with van der Waals surface area (Å²) in [6.45, 7) is 5.66.